The van der Waals surface area contributed by atoms with Gasteiger partial charge < -0.3 is 10.2 Å². The van der Waals surface area contributed by atoms with E-state index in [0.29, 0.717) is 28.6 Å². The molecule has 0 saturated carbocycles. The van der Waals surface area contributed by atoms with Gasteiger partial charge in [0.05, 0.1) is 17.1 Å². The zero-order valence-corrected chi connectivity index (χ0v) is 21.9. The summed E-state index contributed by atoms with van der Waals surface area (Å²) in [6, 6.07) is 30.9. The molecule has 4 aromatic carbocycles. The molecule has 0 atom stereocenters. The first-order valence-electron chi connectivity index (χ1n) is 12.0. The minimum absolute atomic E-state index is 0.0866. The number of rotatable bonds is 6. The molecule has 2 amide bonds. The monoisotopic (exact) mass is 524 g/mol. The van der Waals surface area contributed by atoms with Crippen molar-refractivity contribution in [3.05, 3.63) is 135 Å². The highest BCUT2D eigenvalue weighted by molar-refractivity contribution is 8.04. The summed E-state index contributed by atoms with van der Waals surface area (Å²) in [6.45, 7) is 2.76. The number of halogens is 1. The predicted octanol–water partition coefficient (Wildman–Crippen LogP) is 7.26. The van der Waals surface area contributed by atoms with Gasteiger partial charge in [-0.15, -0.1) is 0 Å². The van der Waals surface area contributed by atoms with E-state index in [1.165, 1.54) is 11.8 Å². The Labute approximate surface area is 226 Å². The van der Waals surface area contributed by atoms with Crippen LogP contribution in [-0.4, -0.2) is 11.8 Å². The maximum absolute atomic E-state index is 13.7. The molecule has 0 unspecified atom stereocenters. The quantitative estimate of drug-likeness (QED) is 0.270. The number of amides is 2. The number of nitrogens with one attached hydrogen (secondary N) is 1. The second-order valence-corrected chi connectivity index (χ2v) is 10.3. The average molecular weight is 525 g/mol. The molecule has 0 fully saturated rings. The van der Waals surface area contributed by atoms with Crippen LogP contribution in [0.2, 0.25) is 5.02 Å². The standard InChI is InChI=1S/C31H25ClN2O2S/c1-21-8-7-11-23(16-21)20-34-27-18-24(30(35)33-19-25-12-5-6-13-26(25)32)14-15-28(27)37-29(31(34)36)17-22-9-3-2-4-10-22/h2-18H,19-20H2,1H3,(H,33,35). The number of hydrogen-bond donors (Lipinski definition) is 1. The summed E-state index contributed by atoms with van der Waals surface area (Å²) in [5, 5.41) is 3.55. The Morgan fingerprint density at radius 1 is 0.946 bits per heavy atom. The van der Waals surface area contributed by atoms with Gasteiger partial charge >= 0.3 is 0 Å². The van der Waals surface area contributed by atoms with Gasteiger partial charge in [0, 0.05) is 22.0 Å². The Morgan fingerprint density at radius 2 is 1.73 bits per heavy atom. The van der Waals surface area contributed by atoms with Crippen molar-refractivity contribution in [2.24, 2.45) is 0 Å². The molecule has 0 radical (unpaired) electrons. The Kier molecular flexibility index (Phi) is 7.45. The molecule has 1 heterocycles. The number of carbonyl (C=O) groups is 2. The highest BCUT2D eigenvalue weighted by Crippen LogP contribution is 2.43. The fraction of sp³-hybridized carbons (Fsp3) is 0.0968. The number of thioether (sulfide) groups is 1. The van der Waals surface area contributed by atoms with Crippen LogP contribution in [0.3, 0.4) is 0 Å². The third-order valence-corrected chi connectivity index (χ3v) is 7.55. The fourth-order valence-electron chi connectivity index (χ4n) is 4.22. The largest absolute Gasteiger partial charge is 0.348 e. The van der Waals surface area contributed by atoms with E-state index in [0.717, 1.165) is 32.8 Å². The molecular weight excluding hydrogens is 500 g/mol. The van der Waals surface area contributed by atoms with Gasteiger partial charge in [-0.05, 0) is 54.0 Å². The molecule has 0 spiro atoms. The van der Waals surface area contributed by atoms with Crippen molar-refractivity contribution in [1.82, 2.24) is 5.32 Å². The molecule has 1 N–H and O–H groups in total. The topological polar surface area (TPSA) is 49.4 Å². The van der Waals surface area contributed by atoms with Crippen molar-refractivity contribution in [3.8, 4) is 0 Å². The molecule has 0 bridgehead atoms. The van der Waals surface area contributed by atoms with E-state index in [4.69, 9.17) is 11.6 Å². The molecule has 184 valence electrons. The van der Waals surface area contributed by atoms with Crippen molar-refractivity contribution in [2.45, 2.75) is 24.9 Å². The minimum atomic E-state index is -0.221. The van der Waals surface area contributed by atoms with Gasteiger partial charge in [-0.1, -0.05) is 102 Å². The molecule has 4 nitrogen and oxygen atoms in total. The average Bonchev–Trinajstić information content (AvgIpc) is 2.91. The highest BCUT2D eigenvalue weighted by Gasteiger charge is 2.30. The predicted molar refractivity (Wildman–Crippen MR) is 152 cm³/mol. The first-order chi connectivity index (χ1) is 18.0. The number of carbonyl (C=O) groups excluding carboxylic acids is 2. The summed E-state index contributed by atoms with van der Waals surface area (Å²) in [6.07, 6.45) is 1.92. The summed E-state index contributed by atoms with van der Waals surface area (Å²) in [7, 11) is 0. The third kappa shape index (κ3) is 5.79. The number of anilines is 1. The van der Waals surface area contributed by atoms with Gasteiger partial charge in [0.1, 0.15) is 0 Å². The molecule has 1 aliphatic rings. The van der Waals surface area contributed by atoms with Crippen molar-refractivity contribution < 1.29 is 9.59 Å². The van der Waals surface area contributed by atoms with Crippen LogP contribution in [0, 0.1) is 6.92 Å². The van der Waals surface area contributed by atoms with E-state index in [9.17, 15) is 9.59 Å². The van der Waals surface area contributed by atoms with Crippen molar-refractivity contribution in [1.29, 1.82) is 0 Å². The highest BCUT2D eigenvalue weighted by atomic mass is 35.5. The maximum atomic E-state index is 13.7. The van der Waals surface area contributed by atoms with Gasteiger partial charge in [0.2, 0.25) is 0 Å². The van der Waals surface area contributed by atoms with E-state index in [2.05, 4.69) is 11.4 Å². The lowest BCUT2D eigenvalue weighted by Gasteiger charge is -2.31. The van der Waals surface area contributed by atoms with Crippen LogP contribution in [0.25, 0.3) is 6.08 Å². The Hall–Kier alpha value is -3.80. The van der Waals surface area contributed by atoms with Crippen LogP contribution in [-0.2, 0) is 17.9 Å². The SMILES string of the molecule is Cc1cccc(CN2C(=O)C(=Cc3ccccc3)Sc3ccc(C(=O)NCc4ccccc4Cl)cc32)c1. The van der Waals surface area contributed by atoms with Gasteiger partial charge in [-0.3, -0.25) is 9.59 Å². The van der Waals surface area contributed by atoms with Gasteiger partial charge in [-0.25, -0.2) is 0 Å². The lowest BCUT2D eigenvalue weighted by atomic mass is 10.1. The van der Waals surface area contributed by atoms with E-state index in [1.54, 1.807) is 23.1 Å². The lowest BCUT2D eigenvalue weighted by Crippen LogP contribution is -2.34. The first-order valence-corrected chi connectivity index (χ1v) is 13.1. The molecule has 5 rings (SSSR count). The van der Waals surface area contributed by atoms with Gasteiger partial charge in [0.25, 0.3) is 11.8 Å². The van der Waals surface area contributed by atoms with Crippen LogP contribution in [0.15, 0.2) is 107 Å². The van der Waals surface area contributed by atoms with Crippen molar-refractivity contribution in [2.75, 3.05) is 4.90 Å². The van der Waals surface area contributed by atoms with E-state index >= 15 is 0 Å². The Balaban J connectivity index is 1.47. The van der Waals surface area contributed by atoms with Gasteiger partial charge in [0.15, 0.2) is 0 Å². The van der Waals surface area contributed by atoms with Crippen molar-refractivity contribution >= 4 is 46.9 Å². The number of fused-ring (bicyclic) bond motifs is 1. The fourth-order valence-corrected chi connectivity index (χ4v) is 5.46. The molecule has 6 heteroatoms. The van der Waals surface area contributed by atoms with Crippen molar-refractivity contribution in [3.63, 3.8) is 0 Å². The first kappa shape index (κ1) is 24.9. The van der Waals surface area contributed by atoms with Crippen LogP contribution < -0.4 is 10.2 Å². The second kappa shape index (κ2) is 11.1. The normalized spacial score (nSPS) is 13.9. The van der Waals surface area contributed by atoms with Crippen LogP contribution in [0.5, 0.6) is 0 Å². The minimum Gasteiger partial charge on any atom is -0.348 e. The molecule has 0 aliphatic carbocycles. The number of aryl methyl sites for hydroxylation is 1. The number of benzene rings is 4. The lowest BCUT2D eigenvalue weighted by molar-refractivity contribution is -0.114. The molecule has 0 saturated heterocycles. The Morgan fingerprint density at radius 3 is 2.51 bits per heavy atom. The van der Waals surface area contributed by atoms with Gasteiger partial charge in [-0.2, -0.15) is 0 Å². The summed E-state index contributed by atoms with van der Waals surface area (Å²) in [5.74, 6) is -0.308. The number of nitrogens with zero attached hydrogens (tertiary/aromatic N) is 1. The second-order valence-electron chi connectivity index (χ2n) is 8.86. The summed E-state index contributed by atoms with van der Waals surface area (Å²) < 4.78 is 0. The summed E-state index contributed by atoms with van der Waals surface area (Å²) >= 11 is 7.67. The van der Waals surface area contributed by atoms with Crippen LogP contribution in [0.4, 0.5) is 5.69 Å². The molecular formula is C31H25ClN2O2S. The maximum Gasteiger partial charge on any atom is 0.265 e. The van der Waals surface area contributed by atoms with E-state index in [-0.39, 0.29) is 11.8 Å². The molecule has 0 aromatic heterocycles. The van der Waals surface area contributed by atoms with E-state index < -0.39 is 0 Å². The van der Waals surface area contributed by atoms with E-state index in [1.807, 2.05) is 85.8 Å². The molecule has 37 heavy (non-hydrogen) atoms. The summed E-state index contributed by atoms with van der Waals surface area (Å²) in [5.41, 5.74) is 5.19. The Bertz CT molecular complexity index is 1500. The zero-order valence-electron chi connectivity index (χ0n) is 20.3. The zero-order chi connectivity index (χ0) is 25.8. The van der Waals surface area contributed by atoms with Crippen LogP contribution in [0.1, 0.15) is 32.6 Å². The number of hydrogen-bond acceptors (Lipinski definition) is 3. The molecule has 1 aliphatic heterocycles. The summed E-state index contributed by atoms with van der Waals surface area (Å²) in [4.78, 5) is 30.1. The third-order valence-electron chi connectivity index (χ3n) is 6.11. The smallest absolute Gasteiger partial charge is 0.265 e. The molecule has 4 aromatic rings. The van der Waals surface area contributed by atoms with Crippen LogP contribution >= 0.6 is 23.4 Å².